The van der Waals surface area contributed by atoms with Crippen molar-refractivity contribution >= 4 is 28.7 Å². The van der Waals surface area contributed by atoms with Crippen LogP contribution < -0.4 is 16.2 Å². The van der Waals surface area contributed by atoms with Crippen LogP contribution in [0.1, 0.15) is 67.3 Å². The fourth-order valence-corrected chi connectivity index (χ4v) is 5.44. The third-order valence-electron chi connectivity index (χ3n) is 7.60. The van der Waals surface area contributed by atoms with Crippen LogP contribution in [-0.4, -0.2) is 36.0 Å². The summed E-state index contributed by atoms with van der Waals surface area (Å²) < 4.78 is 3.69. The number of nitrogens with zero attached hydrogens (tertiary/aromatic N) is 5. The van der Waals surface area contributed by atoms with Crippen molar-refractivity contribution in [2.45, 2.75) is 67.0 Å². The lowest BCUT2D eigenvalue weighted by Crippen LogP contribution is -2.29. The molecule has 1 amide bonds. The molecular formula is C35H39N7O2. The van der Waals surface area contributed by atoms with Crippen molar-refractivity contribution < 1.29 is 4.79 Å². The van der Waals surface area contributed by atoms with Crippen molar-refractivity contribution in [3.8, 4) is 11.6 Å². The molecule has 0 aliphatic heterocycles. The molecule has 0 fully saturated rings. The lowest BCUT2D eigenvalue weighted by molar-refractivity contribution is -0.116. The average molecular weight is 590 g/mol. The largest absolute Gasteiger partial charge is 0.359 e. The second-order valence-electron chi connectivity index (χ2n) is 11.3. The van der Waals surface area contributed by atoms with E-state index in [0.29, 0.717) is 46.2 Å². The molecule has 44 heavy (non-hydrogen) atoms. The molecule has 3 heterocycles. The van der Waals surface area contributed by atoms with Crippen molar-refractivity contribution in [2.75, 3.05) is 5.32 Å². The maximum absolute atomic E-state index is 14.1. The van der Waals surface area contributed by atoms with E-state index in [4.69, 9.17) is 15.0 Å². The first-order valence-corrected chi connectivity index (χ1v) is 15.0. The number of carbonyl (C=O) groups excluding carboxylic acids is 1. The highest BCUT2D eigenvalue weighted by atomic mass is 16.1. The van der Waals surface area contributed by atoms with E-state index >= 15 is 0 Å². The fraction of sp³-hybridized carbons (Fsp3) is 0.286. The van der Waals surface area contributed by atoms with E-state index in [1.807, 2.05) is 114 Å². The molecule has 2 N–H and O–H groups in total. The van der Waals surface area contributed by atoms with Gasteiger partial charge in [-0.25, -0.2) is 9.97 Å². The van der Waals surface area contributed by atoms with E-state index in [0.717, 1.165) is 22.6 Å². The van der Waals surface area contributed by atoms with Crippen LogP contribution >= 0.6 is 0 Å². The summed E-state index contributed by atoms with van der Waals surface area (Å²) >= 11 is 0. The predicted molar refractivity (Wildman–Crippen MR) is 177 cm³/mol. The van der Waals surface area contributed by atoms with Crippen molar-refractivity contribution in [3.63, 3.8) is 0 Å². The third kappa shape index (κ3) is 6.04. The number of aromatic nitrogens is 5. The van der Waals surface area contributed by atoms with Crippen LogP contribution in [0.15, 0.2) is 71.5 Å². The van der Waals surface area contributed by atoms with E-state index < -0.39 is 6.04 Å². The van der Waals surface area contributed by atoms with Gasteiger partial charge < -0.3 is 10.6 Å². The number of carbonyl (C=O) groups is 1. The number of hydrogen-bond donors (Lipinski definition) is 2. The topological polar surface area (TPSA) is 107 Å². The monoisotopic (exact) mass is 589 g/mol. The van der Waals surface area contributed by atoms with E-state index in [-0.39, 0.29) is 17.5 Å². The lowest BCUT2D eigenvalue weighted by Gasteiger charge is -2.24. The van der Waals surface area contributed by atoms with Gasteiger partial charge in [0.05, 0.1) is 28.3 Å². The van der Waals surface area contributed by atoms with Gasteiger partial charge in [0.1, 0.15) is 11.6 Å². The van der Waals surface area contributed by atoms with Gasteiger partial charge in [0.2, 0.25) is 11.9 Å². The first-order chi connectivity index (χ1) is 21.1. The molecular weight excluding hydrogens is 550 g/mol. The number of nitrogens with one attached hydrogen (secondary N) is 2. The van der Waals surface area contributed by atoms with E-state index in [9.17, 15) is 9.59 Å². The first-order valence-electron chi connectivity index (χ1n) is 15.0. The molecule has 5 aromatic rings. The molecule has 0 aliphatic carbocycles. The van der Waals surface area contributed by atoms with Crippen LogP contribution in [0.5, 0.6) is 0 Å². The van der Waals surface area contributed by atoms with Gasteiger partial charge in [-0.05, 0) is 89.9 Å². The number of rotatable bonds is 9. The molecule has 9 nitrogen and oxygen atoms in total. The number of hydrogen-bond acceptors (Lipinski definition) is 6. The zero-order valence-corrected chi connectivity index (χ0v) is 26.3. The standard InChI is InChI=1S/C35H39N7O2/c1-8-28(33-39-29-16-12-13-22(4)31(29)34(44)42(33)26-14-10-9-11-15-26)38-32-27(19-20-30(43)36-21(2)3)25(7)37-35(40-32)41-23(5)17-18-24(41)6/h9-21,28H,8H2,1-7H3,(H,36,43)(H,37,38,40)/b20-19+. The Morgan fingerprint density at radius 3 is 2.25 bits per heavy atom. The van der Waals surface area contributed by atoms with Crippen LogP contribution in [0, 0.1) is 27.7 Å². The molecule has 0 spiro atoms. The summed E-state index contributed by atoms with van der Waals surface area (Å²) in [5.74, 6) is 1.42. The Morgan fingerprint density at radius 1 is 0.886 bits per heavy atom. The van der Waals surface area contributed by atoms with Crippen LogP contribution in [0.3, 0.4) is 0 Å². The highest BCUT2D eigenvalue weighted by Crippen LogP contribution is 2.29. The van der Waals surface area contributed by atoms with Crippen LogP contribution in [0.4, 0.5) is 5.82 Å². The molecule has 0 aliphatic rings. The normalized spacial score (nSPS) is 12.3. The van der Waals surface area contributed by atoms with Gasteiger partial charge in [0.15, 0.2) is 0 Å². The number of benzene rings is 2. The molecule has 0 bridgehead atoms. The summed E-state index contributed by atoms with van der Waals surface area (Å²) in [6.07, 6.45) is 3.84. The van der Waals surface area contributed by atoms with Crippen LogP contribution in [0.25, 0.3) is 28.6 Å². The Kier molecular flexibility index (Phi) is 8.76. The number of amides is 1. The Hall–Kier alpha value is -5.05. The smallest absolute Gasteiger partial charge is 0.266 e. The summed E-state index contributed by atoms with van der Waals surface area (Å²) in [6.45, 7) is 13.7. The Morgan fingerprint density at radius 2 is 1.59 bits per heavy atom. The van der Waals surface area contributed by atoms with Gasteiger partial charge in [-0.2, -0.15) is 4.98 Å². The summed E-state index contributed by atoms with van der Waals surface area (Å²) in [5.41, 5.74) is 5.51. The van der Waals surface area contributed by atoms with Crippen molar-refractivity contribution in [1.29, 1.82) is 0 Å². The van der Waals surface area contributed by atoms with Gasteiger partial charge in [-0.15, -0.1) is 0 Å². The minimum Gasteiger partial charge on any atom is -0.359 e. The van der Waals surface area contributed by atoms with E-state index in [1.54, 1.807) is 10.6 Å². The Balaban J connectivity index is 1.71. The summed E-state index contributed by atoms with van der Waals surface area (Å²) in [5, 5.41) is 7.09. The molecule has 226 valence electrons. The highest BCUT2D eigenvalue weighted by Gasteiger charge is 2.23. The Bertz CT molecular complexity index is 1900. The third-order valence-corrected chi connectivity index (χ3v) is 7.60. The number of aryl methyl sites for hydroxylation is 4. The number of para-hydroxylation sites is 1. The van der Waals surface area contributed by atoms with Gasteiger partial charge in [0.25, 0.3) is 5.56 Å². The number of fused-ring (bicyclic) bond motifs is 1. The zero-order chi connectivity index (χ0) is 31.5. The molecule has 5 rings (SSSR count). The lowest BCUT2D eigenvalue weighted by atomic mass is 10.1. The maximum atomic E-state index is 14.1. The molecule has 0 radical (unpaired) electrons. The second kappa shape index (κ2) is 12.7. The fourth-order valence-electron chi connectivity index (χ4n) is 5.44. The van der Waals surface area contributed by atoms with Gasteiger partial charge in [-0.3, -0.25) is 18.7 Å². The minimum absolute atomic E-state index is 0.00552. The molecule has 3 aromatic heterocycles. The zero-order valence-electron chi connectivity index (χ0n) is 26.3. The molecule has 1 unspecified atom stereocenters. The van der Waals surface area contributed by atoms with Gasteiger partial charge >= 0.3 is 0 Å². The SMILES string of the molecule is CCC(Nc1nc(-n2c(C)ccc2C)nc(C)c1/C=C/C(=O)NC(C)C)c1nc2cccc(C)c2c(=O)n1-c1ccccc1. The summed E-state index contributed by atoms with van der Waals surface area (Å²) in [4.78, 5) is 41.6. The van der Waals surface area contributed by atoms with Gasteiger partial charge in [0, 0.05) is 29.1 Å². The van der Waals surface area contributed by atoms with Crippen molar-refractivity contribution in [2.24, 2.45) is 0 Å². The van der Waals surface area contributed by atoms with E-state index in [2.05, 4.69) is 10.6 Å². The molecule has 1 atom stereocenters. The Labute approximate surface area is 257 Å². The van der Waals surface area contributed by atoms with E-state index in [1.165, 1.54) is 6.08 Å². The summed E-state index contributed by atoms with van der Waals surface area (Å²) in [6, 6.07) is 19.0. The molecule has 2 aromatic carbocycles. The minimum atomic E-state index is -0.404. The number of anilines is 1. The highest BCUT2D eigenvalue weighted by molar-refractivity contribution is 5.92. The predicted octanol–water partition coefficient (Wildman–Crippen LogP) is 6.30. The summed E-state index contributed by atoms with van der Waals surface area (Å²) in [7, 11) is 0. The molecule has 0 saturated carbocycles. The van der Waals surface area contributed by atoms with Crippen LogP contribution in [0.2, 0.25) is 0 Å². The van der Waals surface area contributed by atoms with Crippen LogP contribution in [-0.2, 0) is 4.79 Å². The van der Waals surface area contributed by atoms with Crippen molar-refractivity contribution in [1.82, 2.24) is 29.4 Å². The molecule has 9 heteroatoms. The second-order valence-corrected chi connectivity index (χ2v) is 11.3. The average Bonchev–Trinajstić information content (AvgIpc) is 3.32. The maximum Gasteiger partial charge on any atom is 0.266 e. The van der Waals surface area contributed by atoms with Gasteiger partial charge in [-0.1, -0.05) is 37.3 Å². The van der Waals surface area contributed by atoms with Crippen molar-refractivity contribution in [3.05, 3.63) is 111 Å². The quantitative estimate of drug-likeness (QED) is 0.196. The first kappa shape index (κ1) is 30.4. The molecule has 0 saturated heterocycles.